The van der Waals surface area contributed by atoms with E-state index in [1.165, 1.54) is 0 Å². The highest BCUT2D eigenvalue weighted by atomic mass is 32.2. The van der Waals surface area contributed by atoms with E-state index in [1.54, 1.807) is 12.1 Å². The van der Waals surface area contributed by atoms with Crippen molar-refractivity contribution in [2.45, 2.75) is 37.6 Å². The van der Waals surface area contributed by atoms with Gasteiger partial charge in [-0.15, -0.1) is 0 Å². The maximum Gasteiger partial charge on any atom is 0.240 e. The predicted octanol–water partition coefficient (Wildman–Crippen LogP) is 1.20. The smallest absolute Gasteiger partial charge is 0.240 e. The van der Waals surface area contributed by atoms with Crippen LogP contribution in [0.1, 0.15) is 25.8 Å². The van der Waals surface area contributed by atoms with E-state index < -0.39 is 10.0 Å². The largest absolute Gasteiger partial charge is 0.330 e. The number of rotatable bonds is 9. The molecule has 0 aliphatic heterocycles. The highest BCUT2D eigenvalue weighted by Crippen LogP contribution is 2.10. The van der Waals surface area contributed by atoms with E-state index in [2.05, 4.69) is 23.5 Å². The minimum absolute atomic E-state index is 0.306. The highest BCUT2D eigenvalue weighted by Gasteiger charge is 2.13. The van der Waals surface area contributed by atoms with Gasteiger partial charge in [0.2, 0.25) is 10.0 Å². The molecule has 0 saturated carbocycles. The number of sulfonamides is 1. The van der Waals surface area contributed by atoms with Crippen LogP contribution < -0.4 is 10.5 Å². The molecule has 0 aliphatic carbocycles. The molecule has 21 heavy (non-hydrogen) atoms. The van der Waals surface area contributed by atoms with Crippen molar-refractivity contribution < 1.29 is 8.42 Å². The summed E-state index contributed by atoms with van der Waals surface area (Å²) in [6.07, 6.45) is 1.55. The van der Waals surface area contributed by atoms with Crippen LogP contribution in [0.5, 0.6) is 0 Å². The first kappa shape index (κ1) is 18.1. The number of benzene rings is 1. The lowest BCUT2D eigenvalue weighted by Crippen LogP contribution is -2.31. The second-order valence-corrected chi connectivity index (χ2v) is 7.28. The van der Waals surface area contributed by atoms with Gasteiger partial charge in [-0.3, -0.25) is 0 Å². The molecule has 1 aromatic carbocycles. The average Bonchev–Trinajstić information content (AvgIpc) is 2.44. The molecule has 0 saturated heterocycles. The van der Waals surface area contributed by atoms with Gasteiger partial charge in [0.05, 0.1) is 4.90 Å². The fourth-order valence-electron chi connectivity index (χ4n) is 1.88. The number of nitrogens with one attached hydrogen (secondary N) is 1. The Morgan fingerprint density at radius 2 is 1.86 bits per heavy atom. The van der Waals surface area contributed by atoms with Crippen molar-refractivity contribution in [1.82, 2.24) is 9.62 Å². The van der Waals surface area contributed by atoms with Gasteiger partial charge in [0.15, 0.2) is 0 Å². The minimum atomic E-state index is -3.41. The Bertz CT molecular complexity index is 512. The number of nitrogens with zero attached hydrogens (tertiary/aromatic N) is 1. The summed E-state index contributed by atoms with van der Waals surface area (Å²) >= 11 is 0. The second kappa shape index (κ2) is 8.48. The first-order chi connectivity index (χ1) is 9.86. The van der Waals surface area contributed by atoms with Crippen molar-refractivity contribution in [2.75, 3.05) is 26.7 Å². The maximum atomic E-state index is 12.1. The third-order valence-corrected chi connectivity index (χ3v) is 5.00. The van der Waals surface area contributed by atoms with Crippen LogP contribution in [0, 0.1) is 0 Å². The Labute approximate surface area is 128 Å². The summed E-state index contributed by atoms with van der Waals surface area (Å²) in [7, 11) is -1.37. The third kappa shape index (κ3) is 6.13. The Balaban J connectivity index is 2.49. The van der Waals surface area contributed by atoms with E-state index in [-0.39, 0.29) is 0 Å². The van der Waals surface area contributed by atoms with E-state index in [9.17, 15) is 8.42 Å². The Hall–Kier alpha value is -0.950. The molecule has 0 aromatic heterocycles. The number of hydrogen-bond acceptors (Lipinski definition) is 4. The summed E-state index contributed by atoms with van der Waals surface area (Å²) in [5.41, 5.74) is 6.53. The van der Waals surface area contributed by atoms with Gasteiger partial charge in [-0.25, -0.2) is 13.1 Å². The Morgan fingerprint density at radius 3 is 2.38 bits per heavy atom. The molecule has 120 valence electrons. The lowest BCUT2D eigenvalue weighted by Gasteiger charge is -2.20. The van der Waals surface area contributed by atoms with Gasteiger partial charge in [-0.2, -0.15) is 0 Å². The summed E-state index contributed by atoms with van der Waals surface area (Å²) in [6, 6.07) is 7.36. The molecule has 0 heterocycles. The van der Waals surface area contributed by atoms with Gasteiger partial charge >= 0.3 is 0 Å². The van der Waals surface area contributed by atoms with E-state index >= 15 is 0 Å². The quantitative estimate of drug-likeness (QED) is 0.672. The topological polar surface area (TPSA) is 75.4 Å². The van der Waals surface area contributed by atoms with Crippen molar-refractivity contribution in [3.05, 3.63) is 29.8 Å². The predicted molar refractivity (Wildman–Crippen MR) is 86.8 cm³/mol. The van der Waals surface area contributed by atoms with E-state index in [0.29, 0.717) is 24.0 Å². The van der Waals surface area contributed by atoms with Crippen LogP contribution in [-0.4, -0.2) is 46.0 Å². The van der Waals surface area contributed by atoms with Crippen LogP contribution in [0.3, 0.4) is 0 Å². The van der Waals surface area contributed by atoms with Crippen LogP contribution in [-0.2, 0) is 16.4 Å². The Kier molecular flexibility index (Phi) is 7.31. The lowest BCUT2D eigenvalue weighted by molar-refractivity contribution is 0.271. The summed E-state index contributed by atoms with van der Waals surface area (Å²) in [4.78, 5) is 2.50. The van der Waals surface area contributed by atoms with E-state index in [1.807, 2.05) is 19.2 Å². The highest BCUT2D eigenvalue weighted by molar-refractivity contribution is 7.89. The lowest BCUT2D eigenvalue weighted by atomic mass is 10.2. The zero-order valence-electron chi connectivity index (χ0n) is 13.2. The van der Waals surface area contributed by atoms with Crippen molar-refractivity contribution in [1.29, 1.82) is 0 Å². The monoisotopic (exact) mass is 313 g/mol. The average molecular weight is 313 g/mol. The minimum Gasteiger partial charge on any atom is -0.330 e. The van der Waals surface area contributed by atoms with Crippen molar-refractivity contribution >= 4 is 10.0 Å². The zero-order chi connectivity index (χ0) is 15.9. The fourth-order valence-corrected chi connectivity index (χ4v) is 2.95. The molecular formula is C15H27N3O2S. The van der Waals surface area contributed by atoms with Gasteiger partial charge < -0.3 is 10.6 Å². The Morgan fingerprint density at radius 1 is 1.24 bits per heavy atom. The van der Waals surface area contributed by atoms with Gasteiger partial charge in [0, 0.05) is 12.6 Å². The number of nitrogens with two attached hydrogens (primary N) is 1. The SMILES string of the molecule is CC(C)N(C)CCCNS(=O)(=O)c1ccc(CCN)cc1. The zero-order valence-corrected chi connectivity index (χ0v) is 14.0. The molecule has 0 atom stereocenters. The molecule has 5 nitrogen and oxygen atoms in total. The summed E-state index contributed by atoms with van der Waals surface area (Å²) in [5.74, 6) is 0. The van der Waals surface area contributed by atoms with Gasteiger partial charge in [-0.1, -0.05) is 12.1 Å². The van der Waals surface area contributed by atoms with Gasteiger partial charge in [-0.05, 0) is 64.5 Å². The van der Waals surface area contributed by atoms with Crippen molar-refractivity contribution in [3.8, 4) is 0 Å². The van der Waals surface area contributed by atoms with Crippen LogP contribution >= 0.6 is 0 Å². The van der Waals surface area contributed by atoms with Gasteiger partial charge in [0.25, 0.3) is 0 Å². The summed E-state index contributed by atoms with van der Waals surface area (Å²) < 4.78 is 26.9. The summed E-state index contributed by atoms with van der Waals surface area (Å²) in [6.45, 7) is 6.12. The summed E-state index contributed by atoms with van der Waals surface area (Å²) in [5, 5.41) is 0. The van der Waals surface area contributed by atoms with Crippen LogP contribution in [0.25, 0.3) is 0 Å². The molecule has 1 aromatic rings. The normalized spacial score (nSPS) is 12.3. The standard InChI is InChI=1S/C15H27N3O2S/c1-13(2)18(3)12-4-11-17-21(19,20)15-7-5-14(6-8-15)9-10-16/h5-8,13,17H,4,9-12,16H2,1-3H3. The molecule has 6 heteroatoms. The third-order valence-electron chi connectivity index (χ3n) is 3.53. The molecule has 0 spiro atoms. The fraction of sp³-hybridized carbons (Fsp3) is 0.600. The van der Waals surface area contributed by atoms with E-state index in [0.717, 1.165) is 24.9 Å². The molecule has 0 amide bonds. The molecule has 0 radical (unpaired) electrons. The maximum absolute atomic E-state index is 12.1. The molecular weight excluding hydrogens is 286 g/mol. The second-order valence-electron chi connectivity index (χ2n) is 5.51. The number of hydrogen-bond donors (Lipinski definition) is 2. The van der Waals surface area contributed by atoms with Crippen LogP contribution in [0.2, 0.25) is 0 Å². The van der Waals surface area contributed by atoms with Crippen LogP contribution in [0.4, 0.5) is 0 Å². The first-order valence-corrected chi connectivity index (χ1v) is 8.84. The first-order valence-electron chi connectivity index (χ1n) is 7.35. The molecule has 3 N–H and O–H groups in total. The van der Waals surface area contributed by atoms with E-state index in [4.69, 9.17) is 5.73 Å². The van der Waals surface area contributed by atoms with Gasteiger partial charge in [0.1, 0.15) is 0 Å². The molecule has 1 rings (SSSR count). The van der Waals surface area contributed by atoms with Crippen molar-refractivity contribution in [3.63, 3.8) is 0 Å². The van der Waals surface area contributed by atoms with Crippen LogP contribution in [0.15, 0.2) is 29.2 Å². The molecule has 0 bridgehead atoms. The molecule has 0 fully saturated rings. The molecule has 0 unspecified atom stereocenters. The molecule has 0 aliphatic rings. The van der Waals surface area contributed by atoms with Crippen molar-refractivity contribution in [2.24, 2.45) is 5.73 Å².